The lowest BCUT2D eigenvalue weighted by Crippen LogP contribution is -2.12. The number of halogens is 1. The maximum Gasteiger partial charge on any atom is 0.338 e. The Morgan fingerprint density at radius 2 is 2.16 bits per heavy atom. The van der Waals surface area contributed by atoms with Crippen molar-refractivity contribution < 1.29 is 9.53 Å². The Kier molecular flexibility index (Phi) is 6.92. The molecular formula is C15H22BrNO2. The van der Waals surface area contributed by atoms with Crippen LogP contribution in [0.2, 0.25) is 0 Å². The van der Waals surface area contributed by atoms with Crippen molar-refractivity contribution in [1.29, 1.82) is 0 Å². The van der Waals surface area contributed by atoms with Crippen LogP contribution in [-0.4, -0.2) is 19.1 Å². The van der Waals surface area contributed by atoms with Gasteiger partial charge in [-0.3, -0.25) is 0 Å². The third-order valence-corrected chi connectivity index (χ3v) is 3.56. The van der Waals surface area contributed by atoms with Crippen molar-refractivity contribution in [3.8, 4) is 0 Å². The van der Waals surface area contributed by atoms with Gasteiger partial charge in [0.25, 0.3) is 0 Å². The first-order valence-electron chi connectivity index (χ1n) is 6.79. The zero-order valence-corrected chi connectivity index (χ0v) is 13.4. The first-order chi connectivity index (χ1) is 9.08. The normalized spacial score (nSPS) is 12.0. The Morgan fingerprint density at radius 3 is 2.74 bits per heavy atom. The fraction of sp³-hybridized carbons (Fsp3) is 0.533. The summed E-state index contributed by atoms with van der Waals surface area (Å²) >= 11 is 3.49. The molecule has 106 valence electrons. The van der Waals surface area contributed by atoms with Crippen LogP contribution >= 0.6 is 15.9 Å². The summed E-state index contributed by atoms with van der Waals surface area (Å²) < 4.78 is 5.86. The minimum absolute atomic E-state index is 0.283. The number of hydrogen-bond acceptors (Lipinski definition) is 3. The maximum absolute atomic E-state index is 11.6. The van der Waals surface area contributed by atoms with Gasteiger partial charge in [0.2, 0.25) is 0 Å². The topological polar surface area (TPSA) is 38.3 Å². The van der Waals surface area contributed by atoms with Crippen LogP contribution in [0.1, 0.15) is 44.0 Å². The van der Waals surface area contributed by atoms with Crippen molar-refractivity contribution in [2.75, 3.05) is 18.5 Å². The number of hydrogen-bond donors (Lipinski definition) is 1. The van der Waals surface area contributed by atoms with E-state index >= 15 is 0 Å². The zero-order valence-electron chi connectivity index (χ0n) is 11.8. The Hall–Kier alpha value is -1.03. The van der Waals surface area contributed by atoms with E-state index < -0.39 is 0 Å². The molecule has 1 aromatic rings. The Bertz CT molecular complexity index is 421. The highest BCUT2D eigenvalue weighted by molar-refractivity contribution is 9.10. The first-order valence-corrected chi connectivity index (χ1v) is 7.58. The molecule has 1 atom stereocenters. The largest absolute Gasteiger partial charge is 0.462 e. The van der Waals surface area contributed by atoms with Crippen LogP contribution < -0.4 is 5.32 Å². The standard InChI is InChI=1S/C15H22BrNO2/c1-4-6-11(3)10-17-14-8-7-12(9-13(14)16)15(18)19-5-2/h7-9,11,17H,4-6,10H2,1-3H3. The molecule has 0 saturated heterocycles. The second kappa shape index (κ2) is 8.20. The number of carbonyl (C=O) groups is 1. The lowest BCUT2D eigenvalue weighted by molar-refractivity contribution is 0.0526. The van der Waals surface area contributed by atoms with E-state index in [-0.39, 0.29) is 5.97 Å². The van der Waals surface area contributed by atoms with Crippen LogP contribution in [0.3, 0.4) is 0 Å². The van der Waals surface area contributed by atoms with Crippen LogP contribution in [0.4, 0.5) is 5.69 Å². The molecule has 0 bridgehead atoms. The quantitative estimate of drug-likeness (QED) is 0.750. The van der Waals surface area contributed by atoms with Crippen molar-refractivity contribution in [2.24, 2.45) is 5.92 Å². The highest BCUT2D eigenvalue weighted by atomic mass is 79.9. The summed E-state index contributed by atoms with van der Waals surface area (Å²) in [6.07, 6.45) is 2.41. The highest BCUT2D eigenvalue weighted by Gasteiger charge is 2.09. The lowest BCUT2D eigenvalue weighted by atomic mass is 10.1. The molecule has 0 spiro atoms. The molecule has 0 saturated carbocycles. The molecule has 0 fully saturated rings. The molecule has 3 nitrogen and oxygen atoms in total. The molecule has 0 aliphatic carbocycles. The van der Waals surface area contributed by atoms with E-state index in [1.165, 1.54) is 12.8 Å². The van der Waals surface area contributed by atoms with Gasteiger partial charge in [-0.25, -0.2) is 4.79 Å². The zero-order chi connectivity index (χ0) is 14.3. The van der Waals surface area contributed by atoms with Crippen molar-refractivity contribution in [3.63, 3.8) is 0 Å². The smallest absolute Gasteiger partial charge is 0.338 e. The second-order valence-corrected chi connectivity index (χ2v) is 5.54. The molecule has 4 heteroatoms. The summed E-state index contributed by atoms with van der Waals surface area (Å²) in [5.74, 6) is 0.357. The van der Waals surface area contributed by atoms with E-state index in [2.05, 4.69) is 35.1 Å². The van der Waals surface area contributed by atoms with Crippen molar-refractivity contribution in [3.05, 3.63) is 28.2 Å². The highest BCUT2D eigenvalue weighted by Crippen LogP contribution is 2.24. The fourth-order valence-electron chi connectivity index (χ4n) is 1.88. The van der Waals surface area contributed by atoms with Gasteiger partial charge in [0.1, 0.15) is 0 Å². The Balaban J connectivity index is 2.64. The van der Waals surface area contributed by atoms with Gasteiger partial charge in [-0.15, -0.1) is 0 Å². The summed E-state index contributed by atoms with van der Waals surface area (Å²) in [7, 11) is 0. The minimum atomic E-state index is -0.283. The molecule has 1 rings (SSSR count). The number of nitrogens with one attached hydrogen (secondary N) is 1. The number of benzene rings is 1. The maximum atomic E-state index is 11.6. The average molecular weight is 328 g/mol. The van der Waals surface area contributed by atoms with Gasteiger partial charge in [0.15, 0.2) is 0 Å². The lowest BCUT2D eigenvalue weighted by Gasteiger charge is -2.14. The predicted molar refractivity (Wildman–Crippen MR) is 82.7 cm³/mol. The molecule has 0 amide bonds. The summed E-state index contributed by atoms with van der Waals surface area (Å²) in [4.78, 5) is 11.6. The van der Waals surface area contributed by atoms with E-state index in [0.29, 0.717) is 18.1 Å². The summed E-state index contributed by atoms with van der Waals surface area (Å²) in [6, 6.07) is 5.50. The van der Waals surface area contributed by atoms with Gasteiger partial charge >= 0.3 is 5.97 Å². The monoisotopic (exact) mass is 327 g/mol. The van der Waals surface area contributed by atoms with E-state index in [9.17, 15) is 4.79 Å². The second-order valence-electron chi connectivity index (χ2n) is 4.69. The predicted octanol–water partition coefficient (Wildman–Crippen LogP) is 4.47. The number of ether oxygens (including phenoxy) is 1. The molecular weight excluding hydrogens is 306 g/mol. The molecule has 1 aromatic carbocycles. The fourth-order valence-corrected chi connectivity index (χ4v) is 2.40. The number of carbonyl (C=O) groups excluding carboxylic acids is 1. The van der Waals surface area contributed by atoms with E-state index in [4.69, 9.17) is 4.74 Å². The van der Waals surface area contributed by atoms with Crippen molar-refractivity contribution >= 4 is 27.6 Å². The summed E-state index contributed by atoms with van der Waals surface area (Å²) in [5.41, 5.74) is 1.58. The molecule has 0 aromatic heterocycles. The molecule has 0 radical (unpaired) electrons. The Morgan fingerprint density at radius 1 is 1.42 bits per heavy atom. The van der Waals surface area contributed by atoms with Crippen molar-refractivity contribution in [1.82, 2.24) is 0 Å². The van der Waals surface area contributed by atoms with Crippen LogP contribution in [0.5, 0.6) is 0 Å². The molecule has 1 unspecified atom stereocenters. The van der Waals surface area contributed by atoms with E-state index in [0.717, 1.165) is 16.7 Å². The first kappa shape index (κ1) is 16.0. The molecule has 0 aliphatic rings. The SMILES string of the molecule is CCCC(C)CNc1ccc(C(=O)OCC)cc1Br. The molecule has 0 aliphatic heterocycles. The number of rotatable bonds is 7. The minimum Gasteiger partial charge on any atom is -0.462 e. The van der Waals surface area contributed by atoms with Gasteiger partial charge in [-0.1, -0.05) is 20.3 Å². The third-order valence-electron chi connectivity index (χ3n) is 2.90. The van der Waals surface area contributed by atoms with Crippen LogP contribution in [0, 0.1) is 5.92 Å². The summed E-state index contributed by atoms with van der Waals surface area (Å²) in [5, 5.41) is 3.40. The molecule has 0 heterocycles. The van der Waals surface area contributed by atoms with Gasteiger partial charge in [0, 0.05) is 16.7 Å². The van der Waals surface area contributed by atoms with Gasteiger partial charge < -0.3 is 10.1 Å². The summed E-state index contributed by atoms with van der Waals surface area (Å²) in [6.45, 7) is 7.56. The molecule has 1 N–H and O–H groups in total. The van der Waals surface area contributed by atoms with Crippen LogP contribution in [-0.2, 0) is 4.74 Å². The van der Waals surface area contributed by atoms with Crippen LogP contribution in [0.15, 0.2) is 22.7 Å². The van der Waals surface area contributed by atoms with Gasteiger partial charge in [-0.05, 0) is 53.4 Å². The van der Waals surface area contributed by atoms with Gasteiger partial charge in [0.05, 0.1) is 12.2 Å². The number of esters is 1. The van der Waals surface area contributed by atoms with E-state index in [1.54, 1.807) is 19.1 Å². The average Bonchev–Trinajstić information content (AvgIpc) is 2.38. The third kappa shape index (κ3) is 5.23. The van der Waals surface area contributed by atoms with Crippen molar-refractivity contribution in [2.45, 2.75) is 33.6 Å². The molecule has 19 heavy (non-hydrogen) atoms. The van der Waals surface area contributed by atoms with E-state index in [1.807, 2.05) is 6.07 Å². The van der Waals surface area contributed by atoms with Crippen LogP contribution in [0.25, 0.3) is 0 Å². The number of anilines is 1. The van der Waals surface area contributed by atoms with Gasteiger partial charge in [-0.2, -0.15) is 0 Å². The Labute approximate surface area is 123 Å².